The van der Waals surface area contributed by atoms with E-state index in [1.165, 1.54) is 81.1 Å². The zero-order valence-electron chi connectivity index (χ0n) is 24.0. The number of furan rings is 1. The van der Waals surface area contributed by atoms with E-state index >= 15 is 0 Å². The summed E-state index contributed by atoms with van der Waals surface area (Å²) in [4.78, 5) is 0. The van der Waals surface area contributed by atoms with Gasteiger partial charge in [-0.15, -0.1) is 0 Å². The Morgan fingerprint density at radius 1 is 0.919 bits per heavy atom. The van der Waals surface area contributed by atoms with Crippen molar-refractivity contribution in [3.05, 3.63) is 46.9 Å². The van der Waals surface area contributed by atoms with Crippen molar-refractivity contribution >= 4 is 11.6 Å². The Morgan fingerprint density at radius 3 is 2.49 bits per heavy atom. The van der Waals surface area contributed by atoms with Gasteiger partial charge in [-0.05, 0) is 103 Å². The van der Waals surface area contributed by atoms with Crippen LogP contribution in [-0.2, 0) is 12.8 Å². The highest BCUT2D eigenvalue weighted by Gasteiger charge is 2.60. The van der Waals surface area contributed by atoms with Crippen LogP contribution in [0.3, 0.4) is 0 Å². The largest absolute Gasteiger partial charge is 0.468 e. The van der Waals surface area contributed by atoms with E-state index in [1.54, 1.807) is 0 Å². The molecule has 37 heavy (non-hydrogen) atoms. The highest BCUT2D eigenvalue weighted by Crippen LogP contribution is 2.68. The molecule has 3 fully saturated rings. The van der Waals surface area contributed by atoms with Crippen molar-refractivity contribution in [3.8, 4) is 11.1 Å². The minimum atomic E-state index is 0.383. The van der Waals surface area contributed by atoms with Crippen molar-refractivity contribution in [3.63, 3.8) is 0 Å². The molecule has 1 aromatic carbocycles. The molecule has 0 amide bonds. The Morgan fingerprint density at radius 2 is 1.70 bits per heavy atom. The monoisotopic (exact) mass is 520 g/mol. The second kappa shape index (κ2) is 9.76. The van der Waals surface area contributed by atoms with Crippen LogP contribution in [0.1, 0.15) is 104 Å². The average Bonchev–Trinajstić information content (AvgIpc) is 3.42. The first kappa shape index (κ1) is 26.0. The summed E-state index contributed by atoms with van der Waals surface area (Å²) < 4.78 is 6.34. The molecule has 4 aliphatic rings. The third kappa shape index (κ3) is 4.25. The van der Waals surface area contributed by atoms with Gasteiger partial charge in [-0.2, -0.15) is 0 Å². The maximum Gasteiger partial charge on any atom is 0.108 e. The zero-order valence-corrected chi connectivity index (χ0v) is 24.7. The molecule has 0 radical (unpaired) electrons. The van der Waals surface area contributed by atoms with E-state index in [0.29, 0.717) is 10.8 Å². The van der Waals surface area contributed by atoms with Gasteiger partial charge in [0.25, 0.3) is 0 Å². The highest BCUT2D eigenvalue weighted by atomic mass is 35.5. The predicted molar refractivity (Wildman–Crippen MR) is 156 cm³/mol. The van der Waals surface area contributed by atoms with E-state index in [9.17, 15) is 0 Å². The summed E-state index contributed by atoms with van der Waals surface area (Å²) in [6.45, 7) is 12.7. The summed E-state index contributed by atoms with van der Waals surface area (Å²) in [5.41, 5.74) is 4.79. The molecule has 1 nitrogen and oxygen atoms in total. The molecule has 0 saturated heterocycles. The van der Waals surface area contributed by atoms with Crippen LogP contribution in [0.2, 0.25) is 5.02 Å². The van der Waals surface area contributed by atoms with Crippen LogP contribution in [0.15, 0.2) is 34.9 Å². The maximum atomic E-state index is 6.61. The van der Waals surface area contributed by atoms with Crippen LogP contribution in [0.25, 0.3) is 11.1 Å². The maximum absolute atomic E-state index is 6.61. The lowest BCUT2D eigenvalue weighted by atomic mass is 9.44. The number of hydrogen-bond donors (Lipinski definition) is 0. The number of halogens is 1. The fraction of sp³-hybridized carbons (Fsp3) is 0.714. The van der Waals surface area contributed by atoms with Crippen molar-refractivity contribution in [2.24, 2.45) is 52.3 Å². The summed E-state index contributed by atoms with van der Waals surface area (Å²) >= 11 is 6.61. The Hall–Kier alpha value is -1.21. The van der Waals surface area contributed by atoms with E-state index in [0.717, 1.165) is 58.4 Å². The van der Waals surface area contributed by atoms with E-state index < -0.39 is 0 Å². The van der Waals surface area contributed by atoms with Crippen LogP contribution >= 0.6 is 11.6 Å². The van der Waals surface area contributed by atoms with Gasteiger partial charge < -0.3 is 4.42 Å². The first-order valence-electron chi connectivity index (χ1n) is 15.6. The normalized spacial score (nSPS) is 37.5. The Bertz CT molecular complexity index is 1110. The van der Waals surface area contributed by atoms with Crippen molar-refractivity contribution < 1.29 is 4.42 Å². The van der Waals surface area contributed by atoms with Gasteiger partial charge >= 0.3 is 0 Å². The molecule has 202 valence electrons. The molecule has 2 heteroatoms. The molecule has 0 aliphatic heterocycles. The second-order valence-corrected chi connectivity index (χ2v) is 15.0. The standard InChI is InChI=1S/C35H49ClO/c1-22(2)9-8-10-23(3)29-15-16-30-26-14-13-24-19-27-28(25-11-6-7-12-32(25)36)21-37-33(27)20-35(24,5)31(26)17-18-34(29,30)4/h6-7,11-12,21-24,26,29-31H,8-10,13-20H2,1-5H3/t23-,24-,26+,29+,30-,31+,34+,35-/m0/s1. The van der Waals surface area contributed by atoms with Gasteiger partial charge in [-0.1, -0.05) is 83.7 Å². The molecule has 8 atom stereocenters. The molecule has 4 aliphatic carbocycles. The van der Waals surface area contributed by atoms with E-state index in [1.807, 2.05) is 18.4 Å². The molecular weight excluding hydrogens is 472 g/mol. The Balaban J connectivity index is 1.22. The number of hydrogen-bond acceptors (Lipinski definition) is 1. The van der Waals surface area contributed by atoms with Gasteiger partial charge in [0.1, 0.15) is 5.76 Å². The molecule has 6 rings (SSSR count). The summed E-state index contributed by atoms with van der Waals surface area (Å²) in [7, 11) is 0. The van der Waals surface area contributed by atoms with Crippen LogP contribution < -0.4 is 0 Å². The van der Waals surface area contributed by atoms with Crippen molar-refractivity contribution in [2.75, 3.05) is 0 Å². The third-order valence-electron chi connectivity index (χ3n) is 12.4. The summed E-state index contributed by atoms with van der Waals surface area (Å²) in [5.74, 6) is 7.43. The average molecular weight is 521 g/mol. The van der Waals surface area contributed by atoms with Gasteiger partial charge in [-0.3, -0.25) is 0 Å². The van der Waals surface area contributed by atoms with Crippen molar-refractivity contribution in [2.45, 2.75) is 105 Å². The van der Waals surface area contributed by atoms with Crippen LogP contribution in [0, 0.1) is 52.3 Å². The fourth-order valence-electron chi connectivity index (χ4n) is 10.5. The lowest BCUT2D eigenvalue weighted by molar-refractivity contribution is -0.105. The van der Waals surface area contributed by atoms with Crippen LogP contribution in [-0.4, -0.2) is 0 Å². The molecule has 0 bridgehead atoms. The highest BCUT2D eigenvalue weighted by molar-refractivity contribution is 6.33. The minimum absolute atomic E-state index is 0.383. The summed E-state index contributed by atoms with van der Waals surface area (Å²) in [6.07, 6.45) is 17.3. The van der Waals surface area contributed by atoms with Gasteiger partial charge in [0.05, 0.1) is 6.26 Å². The number of fused-ring (bicyclic) bond motifs is 6. The summed E-state index contributed by atoms with van der Waals surface area (Å²) in [6, 6.07) is 8.28. The van der Waals surface area contributed by atoms with Gasteiger partial charge in [-0.25, -0.2) is 0 Å². The van der Waals surface area contributed by atoms with Gasteiger partial charge in [0.2, 0.25) is 0 Å². The quantitative estimate of drug-likeness (QED) is 0.369. The van der Waals surface area contributed by atoms with Gasteiger partial charge in [0, 0.05) is 28.1 Å². The Labute approximate surface area is 231 Å². The molecule has 2 aromatic rings. The fourth-order valence-corrected chi connectivity index (χ4v) is 10.7. The number of rotatable bonds is 6. The first-order chi connectivity index (χ1) is 17.7. The predicted octanol–water partition coefficient (Wildman–Crippen LogP) is 10.6. The van der Waals surface area contributed by atoms with E-state index in [2.05, 4.69) is 46.8 Å². The van der Waals surface area contributed by atoms with Crippen molar-refractivity contribution in [1.82, 2.24) is 0 Å². The molecule has 0 N–H and O–H groups in total. The van der Waals surface area contributed by atoms with E-state index in [4.69, 9.17) is 16.0 Å². The second-order valence-electron chi connectivity index (χ2n) is 14.6. The van der Waals surface area contributed by atoms with Crippen molar-refractivity contribution in [1.29, 1.82) is 0 Å². The molecular formula is C35H49ClO. The van der Waals surface area contributed by atoms with E-state index in [-0.39, 0.29) is 0 Å². The topological polar surface area (TPSA) is 13.1 Å². The molecule has 1 aromatic heterocycles. The molecule has 3 saturated carbocycles. The Kier molecular flexibility index (Phi) is 6.87. The van der Waals surface area contributed by atoms with Crippen LogP contribution in [0.5, 0.6) is 0 Å². The smallest absolute Gasteiger partial charge is 0.108 e. The zero-order chi connectivity index (χ0) is 25.9. The molecule has 0 spiro atoms. The minimum Gasteiger partial charge on any atom is -0.468 e. The number of benzene rings is 1. The molecule has 1 heterocycles. The first-order valence-corrected chi connectivity index (χ1v) is 15.9. The third-order valence-corrected chi connectivity index (χ3v) is 12.7. The SMILES string of the molecule is CC(C)CCC[C@H](C)[C@H]1CC[C@H]2[C@H]3CC[C@H]4Cc5c(-c6ccccc6Cl)coc5C[C@]4(C)[C@@H]3CC[C@]12C. The van der Waals surface area contributed by atoms with Crippen LogP contribution in [0.4, 0.5) is 0 Å². The van der Waals surface area contributed by atoms with Gasteiger partial charge in [0.15, 0.2) is 0 Å². The summed E-state index contributed by atoms with van der Waals surface area (Å²) in [5, 5.41) is 0.837. The lowest BCUT2D eigenvalue weighted by Crippen LogP contribution is -2.54. The molecule has 0 unspecified atom stereocenters. The lowest BCUT2D eigenvalue weighted by Gasteiger charge is -2.60.